The number of carboxylic acids is 1. The van der Waals surface area contributed by atoms with E-state index in [1.165, 1.54) is 18.6 Å². The molecule has 98 valence electrons. The molecule has 1 aliphatic heterocycles. The predicted octanol–water partition coefficient (Wildman–Crippen LogP) is 2.76. The second-order valence-electron chi connectivity index (χ2n) is 5.01. The zero-order chi connectivity index (χ0) is 13.0. The van der Waals surface area contributed by atoms with Crippen molar-refractivity contribution in [2.45, 2.75) is 31.1 Å². The highest BCUT2D eigenvalue weighted by Gasteiger charge is 2.28. The van der Waals surface area contributed by atoms with Gasteiger partial charge >= 0.3 is 5.97 Å². The minimum atomic E-state index is -0.871. The Kier molecular flexibility index (Phi) is 4.30. The maximum atomic E-state index is 10.7. The van der Waals surface area contributed by atoms with Crippen LogP contribution in [0.15, 0.2) is 24.3 Å². The fourth-order valence-electron chi connectivity index (χ4n) is 2.21. The Balaban J connectivity index is 1.81. The molecule has 1 aliphatic rings. The summed E-state index contributed by atoms with van der Waals surface area (Å²) in [5, 5.41) is 12.3. The van der Waals surface area contributed by atoms with Crippen LogP contribution in [0.5, 0.6) is 0 Å². The summed E-state index contributed by atoms with van der Waals surface area (Å²) >= 11 is 2.05. The van der Waals surface area contributed by atoms with Crippen molar-refractivity contribution in [1.29, 1.82) is 0 Å². The highest BCUT2D eigenvalue weighted by Crippen LogP contribution is 2.36. The number of thioether (sulfide) groups is 1. The normalized spacial score (nSPS) is 23.2. The van der Waals surface area contributed by atoms with E-state index in [1.54, 1.807) is 12.1 Å². The molecule has 1 unspecified atom stereocenters. The van der Waals surface area contributed by atoms with Crippen molar-refractivity contribution in [3.8, 4) is 0 Å². The number of aromatic carboxylic acids is 1. The van der Waals surface area contributed by atoms with Crippen LogP contribution < -0.4 is 5.32 Å². The van der Waals surface area contributed by atoms with Gasteiger partial charge in [0.15, 0.2) is 0 Å². The molecule has 0 bridgehead atoms. The van der Waals surface area contributed by atoms with Crippen LogP contribution in [0.25, 0.3) is 0 Å². The standard InChI is InChI=1S/C14H19NO2S/c1-14(7-2-8-18-14)10-15-9-11-3-5-12(6-4-11)13(16)17/h3-6,15H,2,7-10H2,1H3,(H,16,17). The van der Waals surface area contributed by atoms with Gasteiger partial charge in [0.05, 0.1) is 5.56 Å². The lowest BCUT2D eigenvalue weighted by atomic mass is 10.1. The van der Waals surface area contributed by atoms with Crippen molar-refractivity contribution in [3.05, 3.63) is 35.4 Å². The largest absolute Gasteiger partial charge is 0.478 e. The Bertz CT molecular complexity index is 410. The lowest BCUT2D eigenvalue weighted by Gasteiger charge is -2.23. The van der Waals surface area contributed by atoms with Gasteiger partial charge in [-0.05, 0) is 43.2 Å². The fourth-order valence-corrected chi connectivity index (χ4v) is 3.49. The van der Waals surface area contributed by atoms with Crippen LogP contribution in [0.2, 0.25) is 0 Å². The summed E-state index contributed by atoms with van der Waals surface area (Å²) in [5.74, 6) is 0.398. The van der Waals surface area contributed by atoms with E-state index in [4.69, 9.17) is 5.11 Å². The van der Waals surface area contributed by atoms with Crippen molar-refractivity contribution >= 4 is 17.7 Å². The van der Waals surface area contributed by atoms with Crippen LogP contribution in [0, 0.1) is 0 Å². The van der Waals surface area contributed by atoms with E-state index >= 15 is 0 Å². The first-order chi connectivity index (χ1) is 8.59. The molecule has 0 spiro atoms. The van der Waals surface area contributed by atoms with E-state index in [-0.39, 0.29) is 0 Å². The van der Waals surface area contributed by atoms with E-state index < -0.39 is 5.97 Å². The number of carbonyl (C=O) groups is 1. The molecule has 1 fully saturated rings. The summed E-state index contributed by atoms with van der Waals surface area (Å²) in [5.41, 5.74) is 1.48. The number of rotatable bonds is 5. The number of carboxylic acid groups (broad SMARTS) is 1. The smallest absolute Gasteiger partial charge is 0.335 e. The highest BCUT2D eigenvalue weighted by molar-refractivity contribution is 8.00. The summed E-state index contributed by atoms with van der Waals surface area (Å²) in [4.78, 5) is 10.7. The quantitative estimate of drug-likeness (QED) is 0.859. The molecule has 1 atom stereocenters. The Labute approximate surface area is 112 Å². The molecule has 2 N–H and O–H groups in total. The Morgan fingerprint density at radius 3 is 2.72 bits per heavy atom. The van der Waals surface area contributed by atoms with Gasteiger partial charge < -0.3 is 10.4 Å². The van der Waals surface area contributed by atoms with Crippen molar-refractivity contribution in [3.63, 3.8) is 0 Å². The zero-order valence-electron chi connectivity index (χ0n) is 10.6. The summed E-state index contributed by atoms with van der Waals surface area (Å²) in [6.45, 7) is 4.12. The Morgan fingerprint density at radius 2 is 2.17 bits per heavy atom. The average Bonchev–Trinajstić information content (AvgIpc) is 2.77. The Morgan fingerprint density at radius 1 is 1.44 bits per heavy atom. The first kappa shape index (κ1) is 13.4. The number of nitrogens with one attached hydrogen (secondary N) is 1. The topological polar surface area (TPSA) is 49.3 Å². The molecule has 0 aliphatic carbocycles. The third-order valence-electron chi connectivity index (χ3n) is 3.33. The highest BCUT2D eigenvalue weighted by atomic mass is 32.2. The van der Waals surface area contributed by atoms with Gasteiger partial charge in [-0.1, -0.05) is 12.1 Å². The first-order valence-electron chi connectivity index (χ1n) is 6.26. The number of hydrogen-bond donors (Lipinski definition) is 2. The first-order valence-corrected chi connectivity index (χ1v) is 7.25. The van der Waals surface area contributed by atoms with Gasteiger partial charge in [-0.2, -0.15) is 11.8 Å². The zero-order valence-corrected chi connectivity index (χ0v) is 11.4. The van der Waals surface area contributed by atoms with Crippen LogP contribution in [0.4, 0.5) is 0 Å². The van der Waals surface area contributed by atoms with Gasteiger partial charge in [0, 0.05) is 17.8 Å². The second-order valence-corrected chi connectivity index (χ2v) is 6.69. The van der Waals surface area contributed by atoms with Crippen LogP contribution in [-0.4, -0.2) is 28.1 Å². The molecular formula is C14H19NO2S. The summed E-state index contributed by atoms with van der Waals surface area (Å²) in [7, 11) is 0. The van der Waals surface area contributed by atoms with Gasteiger partial charge in [0.2, 0.25) is 0 Å². The molecular weight excluding hydrogens is 246 g/mol. The van der Waals surface area contributed by atoms with Crippen molar-refractivity contribution in [2.75, 3.05) is 12.3 Å². The molecule has 1 aromatic rings. The molecule has 1 heterocycles. The lowest BCUT2D eigenvalue weighted by Crippen LogP contribution is -2.32. The Hall–Kier alpha value is -1.00. The number of benzene rings is 1. The van der Waals surface area contributed by atoms with Gasteiger partial charge in [-0.25, -0.2) is 4.79 Å². The van der Waals surface area contributed by atoms with Crippen LogP contribution in [0.3, 0.4) is 0 Å². The minimum absolute atomic E-state index is 0.345. The molecule has 0 amide bonds. The third-order valence-corrected chi connectivity index (χ3v) is 4.87. The van der Waals surface area contributed by atoms with Crippen molar-refractivity contribution in [2.24, 2.45) is 0 Å². The molecule has 0 saturated carbocycles. The van der Waals surface area contributed by atoms with Gasteiger partial charge in [0.1, 0.15) is 0 Å². The monoisotopic (exact) mass is 265 g/mol. The van der Waals surface area contributed by atoms with Crippen LogP contribution in [-0.2, 0) is 6.54 Å². The van der Waals surface area contributed by atoms with E-state index in [0.29, 0.717) is 10.3 Å². The van der Waals surface area contributed by atoms with E-state index in [1.807, 2.05) is 23.9 Å². The maximum absolute atomic E-state index is 10.7. The third kappa shape index (κ3) is 3.50. The fraction of sp³-hybridized carbons (Fsp3) is 0.500. The molecule has 3 nitrogen and oxygen atoms in total. The average molecular weight is 265 g/mol. The molecule has 0 aromatic heterocycles. The van der Waals surface area contributed by atoms with Crippen LogP contribution >= 0.6 is 11.8 Å². The molecule has 1 aromatic carbocycles. The molecule has 1 saturated heterocycles. The van der Waals surface area contributed by atoms with E-state index in [2.05, 4.69) is 12.2 Å². The molecule has 18 heavy (non-hydrogen) atoms. The molecule has 0 radical (unpaired) electrons. The number of hydrogen-bond acceptors (Lipinski definition) is 3. The predicted molar refractivity (Wildman–Crippen MR) is 75.2 cm³/mol. The molecule has 2 rings (SSSR count). The second kappa shape index (κ2) is 5.76. The van der Waals surface area contributed by atoms with E-state index in [0.717, 1.165) is 18.7 Å². The summed E-state index contributed by atoms with van der Waals surface area (Å²) in [6, 6.07) is 7.07. The maximum Gasteiger partial charge on any atom is 0.335 e. The SMILES string of the molecule is CC1(CNCc2ccc(C(=O)O)cc2)CCCS1. The van der Waals surface area contributed by atoms with Crippen LogP contribution in [0.1, 0.15) is 35.7 Å². The summed E-state index contributed by atoms with van der Waals surface area (Å²) in [6.07, 6.45) is 2.60. The van der Waals surface area contributed by atoms with E-state index in [9.17, 15) is 4.79 Å². The van der Waals surface area contributed by atoms with Crippen molar-refractivity contribution < 1.29 is 9.90 Å². The van der Waals surface area contributed by atoms with Gasteiger partial charge in [0.25, 0.3) is 0 Å². The summed E-state index contributed by atoms with van der Waals surface area (Å²) < 4.78 is 0.376. The van der Waals surface area contributed by atoms with Gasteiger partial charge in [-0.3, -0.25) is 0 Å². The lowest BCUT2D eigenvalue weighted by molar-refractivity contribution is 0.0697. The minimum Gasteiger partial charge on any atom is -0.478 e. The molecule has 4 heteroatoms. The van der Waals surface area contributed by atoms with Crippen molar-refractivity contribution in [1.82, 2.24) is 5.32 Å². The van der Waals surface area contributed by atoms with Gasteiger partial charge in [-0.15, -0.1) is 0 Å².